The molecule has 3 heteroatoms. The van der Waals surface area contributed by atoms with Crippen molar-refractivity contribution in [2.24, 2.45) is 5.92 Å². The molecule has 2 rings (SSSR count). The van der Waals surface area contributed by atoms with Gasteiger partial charge in [-0.2, -0.15) is 0 Å². The van der Waals surface area contributed by atoms with E-state index in [-0.39, 0.29) is 0 Å². The fourth-order valence-corrected chi connectivity index (χ4v) is 3.08. The Labute approximate surface area is 100 Å². The van der Waals surface area contributed by atoms with Gasteiger partial charge in [-0.05, 0) is 58.8 Å². The molecule has 0 spiro atoms. The number of likely N-dealkylation sites (N-methyl/N-ethyl adjacent to an activating group) is 1. The van der Waals surface area contributed by atoms with Crippen LogP contribution < -0.4 is 5.32 Å². The summed E-state index contributed by atoms with van der Waals surface area (Å²) in [6, 6.07) is 0.821. The highest BCUT2D eigenvalue weighted by Gasteiger charge is 2.28. The smallest absolute Gasteiger partial charge is 0.0109 e. The van der Waals surface area contributed by atoms with Gasteiger partial charge in [0.05, 0.1) is 0 Å². The van der Waals surface area contributed by atoms with Crippen LogP contribution in [0.25, 0.3) is 0 Å². The zero-order valence-corrected chi connectivity index (χ0v) is 10.9. The normalized spacial score (nSPS) is 32.4. The minimum atomic E-state index is 0.821. The highest BCUT2D eigenvalue weighted by Crippen LogP contribution is 2.24. The van der Waals surface area contributed by atoms with Gasteiger partial charge in [-0.1, -0.05) is 0 Å². The topological polar surface area (TPSA) is 18.5 Å². The van der Waals surface area contributed by atoms with Gasteiger partial charge in [-0.15, -0.1) is 0 Å². The average molecular weight is 225 g/mol. The third-order valence-corrected chi connectivity index (χ3v) is 4.07. The maximum atomic E-state index is 3.67. The van der Waals surface area contributed by atoms with Crippen molar-refractivity contribution >= 4 is 0 Å². The molecule has 0 bridgehead atoms. The van der Waals surface area contributed by atoms with Crippen LogP contribution in [0, 0.1) is 5.92 Å². The molecule has 94 valence electrons. The van der Waals surface area contributed by atoms with Crippen molar-refractivity contribution in [3.8, 4) is 0 Å². The van der Waals surface area contributed by atoms with Crippen LogP contribution in [0.5, 0.6) is 0 Å². The lowest BCUT2D eigenvalue weighted by Gasteiger charge is -2.36. The first-order valence-electron chi connectivity index (χ1n) is 6.86. The van der Waals surface area contributed by atoms with Crippen molar-refractivity contribution in [1.82, 2.24) is 15.1 Å². The zero-order valence-electron chi connectivity index (χ0n) is 10.9. The zero-order chi connectivity index (χ0) is 11.4. The molecular formula is C13H27N3. The Hall–Kier alpha value is -0.120. The van der Waals surface area contributed by atoms with Crippen LogP contribution in [-0.2, 0) is 0 Å². The summed E-state index contributed by atoms with van der Waals surface area (Å²) in [4.78, 5) is 4.95. The molecule has 2 aliphatic rings. The van der Waals surface area contributed by atoms with Gasteiger partial charge in [0.15, 0.2) is 0 Å². The Morgan fingerprint density at radius 2 is 2.12 bits per heavy atom. The maximum Gasteiger partial charge on any atom is 0.0109 e. The minimum absolute atomic E-state index is 0.821. The van der Waals surface area contributed by atoms with E-state index in [0.29, 0.717) is 0 Å². The molecule has 0 aromatic heterocycles. The average Bonchev–Trinajstić information content (AvgIpc) is 2.80. The van der Waals surface area contributed by atoms with Crippen LogP contribution in [0.1, 0.15) is 25.7 Å². The standard InChI is InChI=1S/C13H27N3/c1-15(2)9-10-16-8-4-5-12(11-16)13-6-3-7-14-13/h12-14H,3-11H2,1-2H3. The molecule has 0 aromatic rings. The van der Waals surface area contributed by atoms with E-state index in [2.05, 4.69) is 29.2 Å². The number of hydrogen-bond donors (Lipinski definition) is 1. The maximum absolute atomic E-state index is 3.67. The lowest BCUT2D eigenvalue weighted by Crippen LogP contribution is -2.45. The minimum Gasteiger partial charge on any atom is -0.314 e. The Balaban J connectivity index is 1.74. The van der Waals surface area contributed by atoms with Crippen molar-refractivity contribution in [2.45, 2.75) is 31.7 Å². The van der Waals surface area contributed by atoms with Gasteiger partial charge in [0.1, 0.15) is 0 Å². The van der Waals surface area contributed by atoms with Gasteiger partial charge in [0, 0.05) is 25.7 Å². The molecular weight excluding hydrogens is 198 g/mol. The fraction of sp³-hybridized carbons (Fsp3) is 1.00. The van der Waals surface area contributed by atoms with E-state index in [1.165, 1.54) is 58.4 Å². The van der Waals surface area contributed by atoms with E-state index in [1.54, 1.807) is 0 Å². The van der Waals surface area contributed by atoms with Crippen molar-refractivity contribution in [1.29, 1.82) is 0 Å². The molecule has 2 unspecified atom stereocenters. The van der Waals surface area contributed by atoms with E-state index < -0.39 is 0 Å². The fourth-order valence-electron chi connectivity index (χ4n) is 3.08. The Morgan fingerprint density at radius 3 is 2.81 bits per heavy atom. The van der Waals surface area contributed by atoms with Crippen molar-refractivity contribution in [3.63, 3.8) is 0 Å². The van der Waals surface area contributed by atoms with Gasteiger partial charge in [0.25, 0.3) is 0 Å². The Bertz CT molecular complexity index is 199. The Kier molecular flexibility index (Phi) is 4.62. The van der Waals surface area contributed by atoms with Crippen LogP contribution in [-0.4, -0.2) is 62.7 Å². The summed E-state index contributed by atoms with van der Waals surface area (Å²) in [6.07, 6.45) is 5.64. The van der Waals surface area contributed by atoms with E-state index in [4.69, 9.17) is 0 Å². The third kappa shape index (κ3) is 3.44. The van der Waals surface area contributed by atoms with Gasteiger partial charge in [0.2, 0.25) is 0 Å². The molecule has 0 radical (unpaired) electrons. The second kappa shape index (κ2) is 5.99. The van der Waals surface area contributed by atoms with Gasteiger partial charge >= 0.3 is 0 Å². The molecule has 1 N–H and O–H groups in total. The molecule has 0 aliphatic carbocycles. The Morgan fingerprint density at radius 1 is 1.25 bits per heavy atom. The highest BCUT2D eigenvalue weighted by molar-refractivity contribution is 4.86. The van der Waals surface area contributed by atoms with Crippen LogP contribution in [0.4, 0.5) is 0 Å². The molecule has 0 aromatic carbocycles. The van der Waals surface area contributed by atoms with Gasteiger partial charge in [-0.25, -0.2) is 0 Å². The molecule has 2 saturated heterocycles. The number of hydrogen-bond acceptors (Lipinski definition) is 3. The summed E-state index contributed by atoms with van der Waals surface area (Å²) in [7, 11) is 4.33. The number of piperidine rings is 1. The monoisotopic (exact) mass is 225 g/mol. The van der Waals surface area contributed by atoms with Gasteiger partial charge < -0.3 is 15.1 Å². The number of likely N-dealkylation sites (tertiary alicyclic amines) is 1. The first-order valence-corrected chi connectivity index (χ1v) is 6.86. The van der Waals surface area contributed by atoms with Gasteiger partial charge in [-0.3, -0.25) is 0 Å². The predicted octanol–water partition coefficient (Wildman–Crippen LogP) is 1.01. The van der Waals surface area contributed by atoms with E-state index >= 15 is 0 Å². The predicted molar refractivity (Wildman–Crippen MR) is 68.7 cm³/mol. The summed E-state index contributed by atoms with van der Waals surface area (Å²) >= 11 is 0. The van der Waals surface area contributed by atoms with Crippen molar-refractivity contribution < 1.29 is 0 Å². The highest BCUT2D eigenvalue weighted by atomic mass is 15.2. The number of nitrogens with one attached hydrogen (secondary N) is 1. The van der Waals surface area contributed by atoms with Crippen molar-refractivity contribution in [2.75, 3.05) is 46.8 Å². The summed E-state index contributed by atoms with van der Waals surface area (Å²) in [5.41, 5.74) is 0. The quantitative estimate of drug-likeness (QED) is 0.770. The van der Waals surface area contributed by atoms with E-state index in [0.717, 1.165) is 12.0 Å². The van der Waals surface area contributed by atoms with Crippen LogP contribution in [0.15, 0.2) is 0 Å². The second-order valence-electron chi connectivity index (χ2n) is 5.71. The van der Waals surface area contributed by atoms with Crippen LogP contribution in [0.2, 0.25) is 0 Å². The molecule has 2 aliphatic heterocycles. The molecule has 2 fully saturated rings. The number of nitrogens with zero attached hydrogens (tertiary/aromatic N) is 2. The lowest BCUT2D eigenvalue weighted by atomic mass is 9.90. The molecule has 3 nitrogen and oxygen atoms in total. The van der Waals surface area contributed by atoms with Crippen molar-refractivity contribution in [3.05, 3.63) is 0 Å². The van der Waals surface area contributed by atoms with E-state index in [1.807, 2.05) is 0 Å². The first-order chi connectivity index (χ1) is 7.75. The molecule has 16 heavy (non-hydrogen) atoms. The summed E-state index contributed by atoms with van der Waals surface area (Å²) in [6.45, 7) is 6.34. The molecule has 0 saturated carbocycles. The third-order valence-electron chi connectivity index (χ3n) is 4.07. The number of rotatable bonds is 4. The van der Waals surface area contributed by atoms with Crippen LogP contribution >= 0.6 is 0 Å². The largest absolute Gasteiger partial charge is 0.314 e. The summed E-state index contributed by atoms with van der Waals surface area (Å²) in [5, 5.41) is 3.67. The molecule has 0 amide bonds. The molecule has 2 atom stereocenters. The van der Waals surface area contributed by atoms with Crippen LogP contribution in [0.3, 0.4) is 0 Å². The first kappa shape index (κ1) is 12.3. The second-order valence-corrected chi connectivity index (χ2v) is 5.71. The summed E-state index contributed by atoms with van der Waals surface area (Å²) in [5.74, 6) is 0.915. The summed E-state index contributed by atoms with van der Waals surface area (Å²) < 4.78 is 0. The molecule has 2 heterocycles. The van der Waals surface area contributed by atoms with E-state index in [9.17, 15) is 0 Å². The SMILES string of the molecule is CN(C)CCN1CCCC(C2CCCN2)C1. The lowest BCUT2D eigenvalue weighted by molar-refractivity contribution is 0.142.